The summed E-state index contributed by atoms with van der Waals surface area (Å²) >= 11 is 6.22. The number of hydrogen-bond donors (Lipinski definition) is 0. The fraction of sp³-hybridized carbons (Fsp3) is 0.158. The van der Waals surface area contributed by atoms with Crippen LogP contribution in [0.5, 0.6) is 17.4 Å². The predicted molar refractivity (Wildman–Crippen MR) is 94.4 cm³/mol. The molecule has 1 heterocycles. The van der Waals surface area contributed by atoms with Gasteiger partial charge in [0.2, 0.25) is 5.88 Å². The van der Waals surface area contributed by atoms with E-state index in [-0.39, 0.29) is 5.78 Å². The van der Waals surface area contributed by atoms with Crippen molar-refractivity contribution < 1.29 is 14.3 Å². The number of fused-ring (bicyclic) bond motifs is 1. The highest BCUT2D eigenvalue weighted by atomic mass is 35.5. The zero-order chi connectivity index (χ0) is 17.1. The van der Waals surface area contributed by atoms with Gasteiger partial charge in [-0.2, -0.15) is 0 Å². The lowest BCUT2D eigenvalue weighted by atomic mass is 10.1. The molecule has 1 aromatic heterocycles. The van der Waals surface area contributed by atoms with Gasteiger partial charge in [0, 0.05) is 23.1 Å². The molecule has 24 heavy (non-hydrogen) atoms. The van der Waals surface area contributed by atoms with Gasteiger partial charge in [-0.25, -0.2) is 4.98 Å². The molecule has 4 nitrogen and oxygen atoms in total. The molecule has 0 aliphatic carbocycles. The second-order valence-electron chi connectivity index (χ2n) is 5.24. The Balaban J connectivity index is 1.87. The number of carbonyl (C=O) groups is 1. The van der Waals surface area contributed by atoms with Gasteiger partial charge in [0.25, 0.3) is 0 Å². The number of ether oxygens (including phenoxy) is 2. The normalized spacial score (nSPS) is 10.6. The van der Waals surface area contributed by atoms with Crippen molar-refractivity contribution in [1.82, 2.24) is 4.98 Å². The minimum atomic E-state index is 0.0263. The van der Waals surface area contributed by atoms with Crippen LogP contribution in [-0.2, 0) is 0 Å². The van der Waals surface area contributed by atoms with E-state index in [4.69, 9.17) is 21.1 Å². The van der Waals surface area contributed by atoms with Crippen LogP contribution >= 0.6 is 11.6 Å². The number of carbonyl (C=O) groups excluding carboxylic acids is 1. The lowest BCUT2D eigenvalue weighted by Crippen LogP contribution is -1.94. The molecule has 3 aromatic rings. The number of pyridine rings is 1. The van der Waals surface area contributed by atoms with Gasteiger partial charge in [-0.15, -0.1) is 0 Å². The van der Waals surface area contributed by atoms with Gasteiger partial charge in [0.15, 0.2) is 5.78 Å². The molecule has 0 N–H and O–H groups in total. The van der Waals surface area contributed by atoms with Crippen LogP contribution in [0, 0.1) is 0 Å². The molecule has 3 rings (SSSR count). The molecule has 2 aromatic carbocycles. The van der Waals surface area contributed by atoms with E-state index in [1.165, 1.54) is 0 Å². The summed E-state index contributed by atoms with van der Waals surface area (Å²) < 4.78 is 11.2. The fourth-order valence-electron chi connectivity index (χ4n) is 2.32. The zero-order valence-electron chi connectivity index (χ0n) is 13.4. The molecule has 122 valence electrons. The number of aromatic nitrogens is 1. The molecule has 0 fully saturated rings. The summed E-state index contributed by atoms with van der Waals surface area (Å²) in [6.07, 6.45) is 0. The minimum absolute atomic E-state index is 0.0263. The third-order valence-electron chi connectivity index (χ3n) is 3.50. The number of benzene rings is 2. The van der Waals surface area contributed by atoms with E-state index in [1.807, 2.05) is 19.1 Å². The Bertz CT molecular complexity index is 908. The van der Waals surface area contributed by atoms with Crippen LogP contribution in [0.15, 0.2) is 48.5 Å². The quantitative estimate of drug-likeness (QED) is 0.592. The summed E-state index contributed by atoms with van der Waals surface area (Å²) in [5, 5.41) is 1.34. The van der Waals surface area contributed by atoms with E-state index in [0.29, 0.717) is 34.6 Å². The summed E-state index contributed by atoms with van der Waals surface area (Å²) in [5.41, 5.74) is 1.41. The standard InChI is InChI=1S/C19H16ClNO3/c1-3-23-15-6-8-18(16(20)11-15)24-19-9-5-14-10-13(12(2)22)4-7-17(14)21-19/h4-11H,3H2,1-2H3. The van der Waals surface area contributed by atoms with Crippen LogP contribution in [0.1, 0.15) is 24.2 Å². The lowest BCUT2D eigenvalue weighted by Gasteiger charge is -2.09. The number of halogens is 1. The van der Waals surface area contributed by atoms with E-state index < -0.39 is 0 Å². The van der Waals surface area contributed by atoms with Gasteiger partial charge in [0.1, 0.15) is 11.5 Å². The summed E-state index contributed by atoms with van der Waals surface area (Å²) in [6, 6.07) is 14.2. The maximum Gasteiger partial charge on any atom is 0.219 e. The van der Waals surface area contributed by atoms with Gasteiger partial charge in [-0.1, -0.05) is 11.6 Å². The third-order valence-corrected chi connectivity index (χ3v) is 3.79. The van der Waals surface area contributed by atoms with Gasteiger partial charge >= 0.3 is 0 Å². The van der Waals surface area contributed by atoms with E-state index >= 15 is 0 Å². The van der Waals surface area contributed by atoms with Crippen LogP contribution in [0.2, 0.25) is 5.02 Å². The van der Waals surface area contributed by atoms with Crippen LogP contribution in [0.25, 0.3) is 10.9 Å². The highest BCUT2D eigenvalue weighted by Crippen LogP contribution is 2.32. The van der Waals surface area contributed by atoms with Crippen LogP contribution in [-0.4, -0.2) is 17.4 Å². The SMILES string of the molecule is CCOc1ccc(Oc2ccc3cc(C(C)=O)ccc3n2)c(Cl)c1. The molecule has 0 amide bonds. The van der Waals surface area contributed by atoms with Crippen molar-refractivity contribution in [2.75, 3.05) is 6.61 Å². The summed E-state index contributed by atoms with van der Waals surface area (Å²) in [5.74, 6) is 1.66. The van der Waals surface area contributed by atoms with Gasteiger partial charge in [0.05, 0.1) is 17.1 Å². The van der Waals surface area contributed by atoms with Crippen LogP contribution < -0.4 is 9.47 Å². The smallest absolute Gasteiger partial charge is 0.219 e. The van der Waals surface area contributed by atoms with E-state index in [0.717, 1.165) is 10.9 Å². The van der Waals surface area contributed by atoms with Crippen LogP contribution in [0.4, 0.5) is 0 Å². The number of Topliss-reactive ketones (excluding diaryl/α,β-unsaturated/α-hetero) is 1. The topological polar surface area (TPSA) is 48.4 Å². The molecule has 0 atom stereocenters. The number of nitrogens with zero attached hydrogens (tertiary/aromatic N) is 1. The van der Waals surface area contributed by atoms with Crippen LogP contribution in [0.3, 0.4) is 0 Å². The Labute approximate surface area is 145 Å². The average molecular weight is 342 g/mol. The van der Waals surface area contributed by atoms with Gasteiger partial charge in [-0.05, 0) is 50.2 Å². The first-order chi connectivity index (χ1) is 11.6. The number of hydrogen-bond acceptors (Lipinski definition) is 4. The maximum atomic E-state index is 11.4. The molecular formula is C19H16ClNO3. The lowest BCUT2D eigenvalue weighted by molar-refractivity contribution is 0.101. The summed E-state index contributed by atoms with van der Waals surface area (Å²) in [6.45, 7) is 4.03. The fourth-order valence-corrected chi connectivity index (χ4v) is 2.53. The first-order valence-electron chi connectivity index (χ1n) is 7.59. The van der Waals surface area contributed by atoms with Gasteiger partial charge < -0.3 is 9.47 Å². The Kier molecular flexibility index (Phi) is 4.67. The summed E-state index contributed by atoms with van der Waals surface area (Å²) in [4.78, 5) is 15.9. The van der Waals surface area contributed by atoms with Crippen molar-refractivity contribution in [2.24, 2.45) is 0 Å². The van der Waals surface area contributed by atoms with Crippen molar-refractivity contribution in [3.8, 4) is 17.4 Å². The Hall–Kier alpha value is -2.59. The largest absolute Gasteiger partial charge is 0.494 e. The molecule has 0 saturated carbocycles. The molecule has 0 radical (unpaired) electrons. The average Bonchev–Trinajstić information content (AvgIpc) is 2.57. The Morgan fingerprint density at radius 1 is 1.12 bits per heavy atom. The number of rotatable bonds is 5. The van der Waals surface area contributed by atoms with E-state index in [2.05, 4.69) is 4.98 Å². The number of ketones is 1. The first kappa shape index (κ1) is 16.3. The van der Waals surface area contributed by atoms with Crippen molar-refractivity contribution in [2.45, 2.75) is 13.8 Å². The highest BCUT2D eigenvalue weighted by molar-refractivity contribution is 6.32. The zero-order valence-corrected chi connectivity index (χ0v) is 14.1. The monoisotopic (exact) mass is 341 g/mol. The molecule has 0 saturated heterocycles. The van der Waals surface area contributed by atoms with Crippen molar-refractivity contribution >= 4 is 28.3 Å². The summed E-state index contributed by atoms with van der Waals surface area (Å²) in [7, 11) is 0. The molecule has 0 spiro atoms. The molecule has 0 bridgehead atoms. The van der Waals surface area contributed by atoms with Crippen molar-refractivity contribution in [1.29, 1.82) is 0 Å². The Morgan fingerprint density at radius 3 is 2.67 bits per heavy atom. The van der Waals surface area contributed by atoms with Gasteiger partial charge in [-0.3, -0.25) is 4.79 Å². The predicted octanol–water partition coefficient (Wildman–Crippen LogP) is 5.28. The molecule has 5 heteroatoms. The highest BCUT2D eigenvalue weighted by Gasteiger charge is 2.08. The molecular weight excluding hydrogens is 326 g/mol. The maximum absolute atomic E-state index is 11.4. The second kappa shape index (κ2) is 6.89. The van der Waals surface area contributed by atoms with Crippen molar-refractivity contribution in [3.63, 3.8) is 0 Å². The molecule has 0 aliphatic rings. The van der Waals surface area contributed by atoms with E-state index in [9.17, 15) is 4.79 Å². The third kappa shape index (κ3) is 3.49. The van der Waals surface area contributed by atoms with Crippen molar-refractivity contribution in [3.05, 3.63) is 59.1 Å². The molecule has 0 aliphatic heterocycles. The minimum Gasteiger partial charge on any atom is -0.494 e. The Morgan fingerprint density at radius 2 is 1.96 bits per heavy atom. The van der Waals surface area contributed by atoms with E-state index in [1.54, 1.807) is 43.3 Å². The second-order valence-corrected chi connectivity index (χ2v) is 5.65. The molecule has 0 unspecified atom stereocenters. The first-order valence-corrected chi connectivity index (χ1v) is 7.96.